The third kappa shape index (κ3) is 4.84. The van der Waals surface area contributed by atoms with Crippen molar-refractivity contribution in [3.8, 4) is 11.5 Å². The number of carbonyl (C=O) groups excluding carboxylic acids is 2. The first-order valence-corrected chi connectivity index (χ1v) is 7.60. The van der Waals surface area contributed by atoms with E-state index in [1.54, 1.807) is 12.1 Å². The average Bonchev–Trinajstić information content (AvgIpc) is 2.64. The summed E-state index contributed by atoms with van der Waals surface area (Å²) in [6, 6.07) is 11.7. The van der Waals surface area contributed by atoms with E-state index in [1.165, 1.54) is 32.4 Å². The maximum absolute atomic E-state index is 11.8. The van der Waals surface area contributed by atoms with Gasteiger partial charge in [0.15, 0.2) is 0 Å². The summed E-state index contributed by atoms with van der Waals surface area (Å²) in [6.07, 6.45) is 0. The maximum atomic E-state index is 11.8. The summed E-state index contributed by atoms with van der Waals surface area (Å²) in [4.78, 5) is 23.4. The Morgan fingerprint density at radius 1 is 0.833 bits per heavy atom. The fourth-order valence-corrected chi connectivity index (χ4v) is 1.86. The van der Waals surface area contributed by atoms with Crippen molar-refractivity contribution in [2.75, 3.05) is 14.2 Å². The zero-order valence-electron chi connectivity index (χ0n) is 14.6. The molecule has 2 rings (SSSR count). The molecular formula is C19H22O5. The molecule has 0 atom stereocenters. The van der Waals surface area contributed by atoms with Crippen LogP contribution >= 0.6 is 0 Å². The monoisotopic (exact) mass is 330 g/mol. The Morgan fingerprint density at radius 3 is 1.96 bits per heavy atom. The molecule has 0 saturated carbocycles. The molecule has 0 bridgehead atoms. The molecule has 0 unspecified atom stereocenters. The highest BCUT2D eigenvalue weighted by Gasteiger charge is 2.17. The molecule has 2 aromatic carbocycles. The third-order valence-corrected chi connectivity index (χ3v) is 3.06. The van der Waals surface area contributed by atoms with E-state index in [1.807, 2.05) is 32.9 Å². The predicted molar refractivity (Wildman–Crippen MR) is 91.7 cm³/mol. The molecule has 24 heavy (non-hydrogen) atoms. The number of hydrogen-bond donors (Lipinski definition) is 0. The van der Waals surface area contributed by atoms with Crippen LogP contribution in [0.5, 0.6) is 11.5 Å². The molecule has 0 fully saturated rings. The fourth-order valence-electron chi connectivity index (χ4n) is 1.86. The molecule has 0 heterocycles. The van der Waals surface area contributed by atoms with Gasteiger partial charge in [0.2, 0.25) is 0 Å². The van der Waals surface area contributed by atoms with Crippen LogP contribution in [0, 0.1) is 6.92 Å². The second-order valence-corrected chi connectivity index (χ2v) is 4.61. The van der Waals surface area contributed by atoms with Crippen molar-refractivity contribution >= 4 is 11.9 Å². The van der Waals surface area contributed by atoms with E-state index < -0.39 is 11.9 Å². The van der Waals surface area contributed by atoms with Crippen molar-refractivity contribution in [2.45, 2.75) is 20.8 Å². The zero-order valence-corrected chi connectivity index (χ0v) is 14.6. The standard InChI is InChI=1S/C17H16O5.C2H6/c1-11-4-7-13(8-5-11)22-15-10-12(16(18)20-2)6-9-14(15)17(19)21-3;1-2/h4-10H,1-3H3;1-2H3. The number of benzene rings is 2. The van der Waals surface area contributed by atoms with Gasteiger partial charge < -0.3 is 14.2 Å². The molecule has 0 aromatic heterocycles. The molecule has 0 aliphatic heterocycles. The fraction of sp³-hybridized carbons (Fsp3) is 0.263. The predicted octanol–water partition coefficient (Wildman–Crippen LogP) is 4.39. The van der Waals surface area contributed by atoms with Gasteiger partial charge in [-0.25, -0.2) is 9.59 Å². The molecule has 5 nitrogen and oxygen atoms in total. The van der Waals surface area contributed by atoms with E-state index in [-0.39, 0.29) is 16.9 Å². The topological polar surface area (TPSA) is 61.8 Å². The first-order chi connectivity index (χ1) is 11.5. The van der Waals surface area contributed by atoms with Crippen molar-refractivity contribution in [3.63, 3.8) is 0 Å². The van der Waals surface area contributed by atoms with Crippen molar-refractivity contribution in [1.29, 1.82) is 0 Å². The van der Waals surface area contributed by atoms with Crippen LogP contribution in [0.15, 0.2) is 42.5 Å². The zero-order chi connectivity index (χ0) is 18.1. The first-order valence-electron chi connectivity index (χ1n) is 7.60. The van der Waals surface area contributed by atoms with Crippen LogP contribution in [0.2, 0.25) is 0 Å². The minimum atomic E-state index is -0.543. The Bertz CT molecular complexity index is 689. The van der Waals surface area contributed by atoms with Crippen LogP contribution in [0.3, 0.4) is 0 Å². The van der Waals surface area contributed by atoms with Crippen LogP contribution in [-0.2, 0) is 9.47 Å². The Balaban J connectivity index is 0.00000139. The summed E-state index contributed by atoms with van der Waals surface area (Å²) >= 11 is 0. The van der Waals surface area contributed by atoms with Gasteiger partial charge in [-0.2, -0.15) is 0 Å². The summed E-state index contributed by atoms with van der Waals surface area (Å²) in [5.41, 5.74) is 1.61. The molecule has 0 saturated heterocycles. The Kier molecular flexibility index (Phi) is 7.49. The lowest BCUT2D eigenvalue weighted by Crippen LogP contribution is -2.07. The molecular weight excluding hydrogens is 308 g/mol. The Morgan fingerprint density at radius 2 is 1.42 bits per heavy atom. The second-order valence-electron chi connectivity index (χ2n) is 4.61. The van der Waals surface area contributed by atoms with E-state index in [0.717, 1.165) is 5.56 Å². The number of rotatable bonds is 4. The molecule has 0 spiro atoms. The van der Waals surface area contributed by atoms with E-state index >= 15 is 0 Å². The number of aryl methyl sites for hydroxylation is 1. The second kappa shape index (κ2) is 9.35. The van der Waals surface area contributed by atoms with Crippen LogP contribution in [0.1, 0.15) is 40.1 Å². The number of carbonyl (C=O) groups is 2. The normalized spacial score (nSPS) is 9.38. The van der Waals surface area contributed by atoms with Gasteiger partial charge in [0, 0.05) is 0 Å². The maximum Gasteiger partial charge on any atom is 0.341 e. The summed E-state index contributed by atoms with van der Waals surface area (Å²) in [5, 5.41) is 0. The summed E-state index contributed by atoms with van der Waals surface area (Å²) < 4.78 is 15.1. The summed E-state index contributed by atoms with van der Waals surface area (Å²) in [7, 11) is 2.57. The molecule has 0 amide bonds. The lowest BCUT2D eigenvalue weighted by Gasteiger charge is -2.11. The SMILES string of the molecule is CC.COC(=O)c1ccc(C(=O)OC)c(Oc2ccc(C)cc2)c1. The van der Waals surface area contributed by atoms with Crippen LogP contribution in [-0.4, -0.2) is 26.2 Å². The van der Waals surface area contributed by atoms with Crippen LogP contribution in [0.4, 0.5) is 0 Å². The molecule has 2 aromatic rings. The van der Waals surface area contributed by atoms with Gasteiger partial charge in [-0.15, -0.1) is 0 Å². The van der Waals surface area contributed by atoms with Crippen LogP contribution in [0.25, 0.3) is 0 Å². The lowest BCUT2D eigenvalue weighted by molar-refractivity contribution is 0.0584. The van der Waals surface area contributed by atoms with E-state index in [0.29, 0.717) is 5.75 Å². The number of ether oxygens (including phenoxy) is 3. The molecule has 0 aliphatic carbocycles. The summed E-state index contributed by atoms with van der Waals surface area (Å²) in [5.74, 6) is -0.264. The highest BCUT2D eigenvalue weighted by Crippen LogP contribution is 2.28. The highest BCUT2D eigenvalue weighted by molar-refractivity contribution is 5.96. The first kappa shape index (κ1) is 19.2. The molecule has 0 radical (unpaired) electrons. The van der Waals surface area contributed by atoms with Gasteiger partial charge in [0.1, 0.15) is 17.1 Å². The Labute approximate surface area is 142 Å². The van der Waals surface area contributed by atoms with Gasteiger partial charge in [0.25, 0.3) is 0 Å². The van der Waals surface area contributed by atoms with Gasteiger partial charge >= 0.3 is 11.9 Å². The van der Waals surface area contributed by atoms with Crippen LogP contribution < -0.4 is 4.74 Å². The van der Waals surface area contributed by atoms with Crippen molar-refractivity contribution in [1.82, 2.24) is 0 Å². The average molecular weight is 330 g/mol. The highest BCUT2D eigenvalue weighted by atomic mass is 16.5. The van der Waals surface area contributed by atoms with Gasteiger partial charge in [-0.05, 0) is 37.3 Å². The van der Waals surface area contributed by atoms with Crippen molar-refractivity contribution in [3.05, 3.63) is 59.2 Å². The number of esters is 2. The van der Waals surface area contributed by atoms with Crippen molar-refractivity contribution in [2.24, 2.45) is 0 Å². The van der Waals surface area contributed by atoms with E-state index in [4.69, 9.17) is 9.47 Å². The molecule has 128 valence electrons. The molecule has 0 aliphatic rings. The lowest BCUT2D eigenvalue weighted by atomic mass is 10.1. The van der Waals surface area contributed by atoms with E-state index in [2.05, 4.69) is 4.74 Å². The summed E-state index contributed by atoms with van der Waals surface area (Å²) in [6.45, 7) is 5.96. The largest absolute Gasteiger partial charge is 0.465 e. The smallest absolute Gasteiger partial charge is 0.341 e. The third-order valence-electron chi connectivity index (χ3n) is 3.06. The molecule has 0 N–H and O–H groups in total. The minimum absolute atomic E-state index is 0.232. The molecule has 5 heteroatoms. The van der Waals surface area contributed by atoms with Gasteiger partial charge in [-0.1, -0.05) is 31.5 Å². The minimum Gasteiger partial charge on any atom is -0.465 e. The number of hydrogen-bond acceptors (Lipinski definition) is 5. The Hall–Kier alpha value is -2.82. The van der Waals surface area contributed by atoms with E-state index in [9.17, 15) is 9.59 Å². The number of methoxy groups -OCH3 is 2. The van der Waals surface area contributed by atoms with Gasteiger partial charge in [0.05, 0.1) is 19.8 Å². The van der Waals surface area contributed by atoms with Gasteiger partial charge in [-0.3, -0.25) is 0 Å². The van der Waals surface area contributed by atoms with Crippen molar-refractivity contribution < 1.29 is 23.8 Å². The quantitative estimate of drug-likeness (QED) is 0.778.